The van der Waals surface area contributed by atoms with E-state index < -0.39 is 0 Å². The van der Waals surface area contributed by atoms with E-state index in [0.717, 1.165) is 25.0 Å². The molecule has 0 aliphatic carbocycles. The fraction of sp³-hybridized carbons (Fsp3) is 0.625. The van der Waals surface area contributed by atoms with Crippen LogP contribution in [0.4, 0.5) is 5.95 Å². The number of nitrogens with one attached hydrogen (secondary N) is 2. The van der Waals surface area contributed by atoms with Crippen LogP contribution in [0.1, 0.15) is 38.3 Å². The molecule has 2 saturated heterocycles. The summed E-state index contributed by atoms with van der Waals surface area (Å²) in [6.45, 7) is 5.27. The summed E-state index contributed by atoms with van der Waals surface area (Å²) in [6.07, 6.45) is 4.59. The van der Waals surface area contributed by atoms with Crippen LogP contribution >= 0.6 is 0 Å². The summed E-state index contributed by atoms with van der Waals surface area (Å²) in [5.74, 6) is 0.587. The Bertz CT molecular complexity index is 620. The van der Waals surface area contributed by atoms with E-state index in [9.17, 15) is 9.59 Å². The Morgan fingerprint density at radius 1 is 1.52 bits per heavy atom. The second kappa shape index (κ2) is 6.14. The van der Waals surface area contributed by atoms with Crippen molar-refractivity contribution in [2.24, 2.45) is 0 Å². The molecule has 2 aliphatic rings. The highest BCUT2D eigenvalue weighted by molar-refractivity contribution is 5.89. The number of aryl methyl sites for hydroxylation is 1. The number of carbonyl (C=O) groups excluding carboxylic acids is 2. The molecule has 7 nitrogen and oxygen atoms in total. The van der Waals surface area contributed by atoms with Gasteiger partial charge in [0.25, 0.3) is 0 Å². The first-order valence-electron chi connectivity index (χ1n) is 8.11. The van der Waals surface area contributed by atoms with Crippen molar-refractivity contribution >= 4 is 17.8 Å². The van der Waals surface area contributed by atoms with Crippen molar-refractivity contribution in [3.8, 4) is 0 Å². The zero-order valence-electron chi connectivity index (χ0n) is 13.6. The molecule has 23 heavy (non-hydrogen) atoms. The Morgan fingerprint density at radius 2 is 2.35 bits per heavy atom. The summed E-state index contributed by atoms with van der Waals surface area (Å²) in [6, 6.07) is 1.48. The molecule has 0 saturated carbocycles. The van der Waals surface area contributed by atoms with Crippen molar-refractivity contribution in [2.45, 2.75) is 51.1 Å². The highest BCUT2D eigenvalue weighted by Crippen LogP contribution is 2.25. The van der Waals surface area contributed by atoms with Crippen LogP contribution in [0, 0.1) is 6.92 Å². The van der Waals surface area contributed by atoms with E-state index in [1.165, 1.54) is 0 Å². The Balaban J connectivity index is 1.62. The second-order valence-electron chi connectivity index (χ2n) is 6.73. The molecular weight excluding hydrogens is 294 g/mol. The Morgan fingerprint density at radius 3 is 3.09 bits per heavy atom. The Kier molecular flexibility index (Phi) is 4.19. The predicted octanol–water partition coefficient (Wildman–Crippen LogP) is 0.857. The standard InChI is InChI=1S/C16H23N5O2/c1-11-6-8-17-15(18-11)20-16(2)7-9-21(10-16)14(23)12-4-3-5-13(22)19-12/h6,8,12H,3-5,7,9-10H2,1-2H3,(H,19,22)(H,17,18,20)/t12-,16?/m1/s1. The smallest absolute Gasteiger partial charge is 0.245 e. The maximum atomic E-state index is 12.6. The van der Waals surface area contributed by atoms with Gasteiger partial charge in [-0.25, -0.2) is 9.97 Å². The Labute approximate surface area is 135 Å². The number of carbonyl (C=O) groups is 2. The van der Waals surface area contributed by atoms with Gasteiger partial charge in [0.2, 0.25) is 17.8 Å². The van der Waals surface area contributed by atoms with E-state index in [1.807, 2.05) is 17.9 Å². The molecule has 2 amide bonds. The van der Waals surface area contributed by atoms with Gasteiger partial charge >= 0.3 is 0 Å². The maximum absolute atomic E-state index is 12.6. The van der Waals surface area contributed by atoms with Crippen LogP contribution in [0.15, 0.2) is 12.3 Å². The first-order valence-corrected chi connectivity index (χ1v) is 8.11. The lowest BCUT2D eigenvalue weighted by Gasteiger charge is -2.29. The first-order chi connectivity index (χ1) is 11.0. The Hall–Kier alpha value is -2.18. The van der Waals surface area contributed by atoms with Crippen molar-refractivity contribution in [1.29, 1.82) is 0 Å². The van der Waals surface area contributed by atoms with E-state index >= 15 is 0 Å². The van der Waals surface area contributed by atoms with Crippen molar-refractivity contribution < 1.29 is 9.59 Å². The summed E-state index contributed by atoms with van der Waals surface area (Å²) >= 11 is 0. The summed E-state index contributed by atoms with van der Waals surface area (Å²) in [4.78, 5) is 34.5. The van der Waals surface area contributed by atoms with Gasteiger partial charge < -0.3 is 15.5 Å². The highest BCUT2D eigenvalue weighted by Gasteiger charge is 2.39. The zero-order valence-corrected chi connectivity index (χ0v) is 13.6. The average Bonchev–Trinajstić information content (AvgIpc) is 2.88. The SMILES string of the molecule is Cc1ccnc(NC2(C)CCN(C(=O)[C@H]3CCCC(=O)N3)C2)n1. The summed E-state index contributed by atoms with van der Waals surface area (Å²) < 4.78 is 0. The van der Waals surface area contributed by atoms with Gasteiger partial charge in [0.1, 0.15) is 6.04 Å². The lowest BCUT2D eigenvalue weighted by molar-refractivity contribution is -0.137. The van der Waals surface area contributed by atoms with Gasteiger partial charge in [0.05, 0.1) is 5.54 Å². The number of nitrogens with zero attached hydrogens (tertiary/aromatic N) is 3. The molecule has 1 aromatic heterocycles. The van der Waals surface area contributed by atoms with Crippen LogP contribution in [0.5, 0.6) is 0 Å². The normalized spacial score (nSPS) is 27.7. The van der Waals surface area contributed by atoms with Gasteiger partial charge in [-0.1, -0.05) is 0 Å². The third-order valence-corrected chi connectivity index (χ3v) is 4.52. The molecule has 124 valence electrons. The van der Waals surface area contributed by atoms with Crippen LogP contribution < -0.4 is 10.6 Å². The largest absolute Gasteiger partial charge is 0.347 e. The molecule has 0 spiro atoms. The van der Waals surface area contributed by atoms with Crippen molar-refractivity contribution in [3.63, 3.8) is 0 Å². The number of hydrogen-bond donors (Lipinski definition) is 2. The van der Waals surface area contributed by atoms with Crippen LogP contribution in [-0.2, 0) is 9.59 Å². The van der Waals surface area contributed by atoms with Gasteiger partial charge in [0.15, 0.2) is 0 Å². The van der Waals surface area contributed by atoms with Crippen molar-refractivity contribution in [3.05, 3.63) is 18.0 Å². The zero-order chi connectivity index (χ0) is 16.4. The quantitative estimate of drug-likeness (QED) is 0.863. The number of anilines is 1. The molecule has 0 aromatic carbocycles. The van der Waals surface area contributed by atoms with Crippen molar-refractivity contribution in [1.82, 2.24) is 20.2 Å². The summed E-state index contributed by atoms with van der Waals surface area (Å²) in [5.41, 5.74) is 0.657. The summed E-state index contributed by atoms with van der Waals surface area (Å²) in [5, 5.41) is 6.15. The van der Waals surface area contributed by atoms with E-state index in [4.69, 9.17) is 0 Å². The van der Waals surface area contributed by atoms with E-state index in [-0.39, 0.29) is 23.4 Å². The van der Waals surface area contributed by atoms with E-state index in [2.05, 4.69) is 27.5 Å². The third-order valence-electron chi connectivity index (χ3n) is 4.52. The molecule has 1 aromatic rings. The number of hydrogen-bond acceptors (Lipinski definition) is 5. The van der Waals surface area contributed by atoms with Crippen molar-refractivity contribution in [2.75, 3.05) is 18.4 Å². The molecular formula is C16H23N5O2. The van der Waals surface area contributed by atoms with Gasteiger partial charge in [-0.15, -0.1) is 0 Å². The average molecular weight is 317 g/mol. The molecule has 2 fully saturated rings. The molecule has 1 unspecified atom stereocenters. The lowest BCUT2D eigenvalue weighted by Crippen LogP contribution is -2.51. The molecule has 2 aliphatic heterocycles. The molecule has 7 heteroatoms. The predicted molar refractivity (Wildman–Crippen MR) is 85.8 cm³/mol. The molecule has 3 heterocycles. The number of likely N-dealkylation sites (tertiary alicyclic amines) is 1. The van der Waals surface area contributed by atoms with Gasteiger partial charge in [0, 0.05) is 31.4 Å². The fourth-order valence-corrected chi connectivity index (χ4v) is 3.24. The third kappa shape index (κ3) is 3.60. The molecule has 2 atom stereocenters. The van der Waals surface area contributed by atoms with Crippen LogP contribution in [0.3, 0.4) is 0 Å². The second-order valence-corrected chi connectivity index (χ2v) is 6.73. The first kappa shape index (κ1) is 15.7. The molecule has 0 bridgehead atoms. The van der Waals surface area contributed by atoms with Crippen LogP contribution in [-0.4, -0.2) is 51.4 Å². The lowest BCUT2D eigenvalue weighted by atomic mass is 10.0. The highest BCUT2D eigenvalue weighted by atomic mass is 16.2. The van der Waals surface area contributed by atoms with E-state index in [1.54, 1.807) is 6.20 Å². The number of piperidine rings is 1. The monoisotopic (exact) mass is 317 g/mol. The molecule has 3 rings (SSSR count). The molecule has 0 radical (unpaired) electrons. The topological polar surface area (TPSA) is 87.2 Å². The number of aromatic nitrogens is 2. The minimum Gasteiger partial charge on any atom is -0.347 e. The summed E-state index contributed by atoms with van der Waals surface area (Å²) in [7, 11) is 0. The van der Waals surface area contributed by atoms with Gasteiger partial charge in [-0.2, -0.15) is 0 Å². The minimum absolute atomic E-state index is 0.0220. The van der Waals surface area contributed by atoms with Gasteiger partial charge in [-0.3, -0.25) is 9.59 Å². The number of amides is 2. The number of rotatable bonds is 3. The molecule has 2 N–H and O–H groups in total. The van der Waals surface area contributed by atoms with Crippen LogP contribution in [0.2, 0.25) is 0 Å². The maximum Gasteiger partial charge on any atom is 0.245 e. The minimum atomic E-state index is -0.367. The van der Waals surface area contributed by atoms with Crippen LogP contribution in [0.25, 0.3) is 0 Å². The van der Waals surface area contributed by atoms with Gasteiger partial charge in [-0.05, 0) is 39.2 Å². The fourth-order valence-electron chi connectivity index (χ4n) is 3.24. The van der Waals surface area contributed by atoms with E-state index in [0.29, 0.717) is 25.5 Å².